The van der Waals surface area contributed by atoms with Crippen LogP contribution in [0.1, 0.15) is 37.1 Å². The molecule has 22 heavy (non-hydrogen) atoms. The maximum Gasteiger partial charge on any atom is 0.191 e. The van der Waals surface area contributed by atoms with Crippen LogP contribution in [0.25, 0.3) is 11.0 Å². The lowest BCUT2D eigenvalue weighted by Crippen LogP contribution is -2.38. The highest BCUT2D eigenvalue weighted by molar-refractivity contribution is 5.79. The molecular formula is C17H25N5. The fourth-order valence-corrected chi connectivity index (χ4v) is 3.05. The molecule has 1 saturated heterocycles. The molecule has 0 aliphatic carbocycles. The number of aryl methyl sites for hydroxylation is 2. The number of rotatable bonds is 2. The average molecular weight is 299 g/mol. The molecule has 3 rings (SSSR count). The number of nitrogens with two attached hydrogens (primary N) is 1. The van der Waals surface area contributed by atoms with Crippen LogP contribution >= 0.6 is 0 Å². The Morgan fingerprint density at radius 1 is 1.23 bits per heavy atom. The normalized spacial score (nSPS) is 17.0. The molecule has 0 spiro atoms. The number of guanidine groups is 1. The van der Waals surface area contributed by atoms with E-state index in [0.29, 0.717) is 12.5 Å². The van der Waals surface area contributed by atoms with E-state index in [4.69, 9.17) is 10.7 Å². The Morgan fingerprint density at radius 3 is 2.68 bits per heavy atom. The van der Waals surface area contributed by atoms with E-state index in [2.05, 4.69) is 39.6 Å². The van der Waals surface area contributed by atoms with Gasteiger partial charge in [0.15, 0.2) is 5.96 Å². The highest BCUT2D eigenvalue weighted by Crippen LogP contribution is 2.17. The molecule has 1 aliphatic rings. The minimum atomic E-state index is 0.534. The van der Waals surface area contributed by atoms with Gasteiger partial charge in [0.05, 0.1) is 11.0 Å². The number of imidazole rings is 1. The van der Waals surface area contributed by atoms with Gasteiger partial charge in [-0.25, -0.2) is 9.98 Å². The summed E-state index contributed by atoms with van der Waals surface area (Å²) in [4.78, 5) is 11.5. The zero-order chi connectivity index (χ0) is 15.5. The highest BCUT2D eigenvalue weighted by Gasteiger charge is 2.12. The van der Waals surface area contributed by atoms with Crippen molar-refractivity contribution in [1.29, 1.82) is 0 Å². The van der Waals surface area contributed by atoms with Crippen molar-refractivity contribution in [2.45, 2.75) is 39.2 Å². The van der Waals surface area contributed by atoms with Gasteiger partial charge in [-0.2, -0.15) is 0 Å². The van der Waals surface area contributed by atoms with Crippen LogP contribution < -0.4 is 5.73 Å². The minimum absolute atomic E-state index is 0.534. The van der Waals surface area contributed by atoms with E-state index in [1.54, 1.807) is 0 Å². The molecule has 2 heterocycles. The minimum Gasteiger partial charge on any atom is -0.370 e. The predicted octanol–water partition coefficient (Wildman–Crippen LogP) is 2.57. The molecule has 0 atom stereocenters. The Hall–Kier alpha value is -2.04. The Labute approximate surface area is 131 Å². The molecule has 2 aromatic rings. The lowest BCUT2D eigenvalue weighted by Gasteiger charge is -2.20. The molecule has 2 N–H and O–H groups in total. The van der Waals surface area contributed by atoms with Crippen LogP contribution in [0.5, 0.6) is 0 Å². The number of aliphatic imine (C=N–C) groups is 1. The molecule has 5 heteroatoms. The van der Waals surface area contributed by atoms with E-state index in [0.717, 1.165) is 29.9 Å². The van der Waals surface area contributed by atoms with Gasteiger partial charge in [0.2, 0.25) is 0 Å². The number of nitrogens with zero attached hydrogens (tertiary/aromatic N) is 4. The van der Waals surface area contributed by atoms with Gasteiger partial charge in [0.25, 0.3) is 0 Å². The maximum absolute atomic E-state index is 6.17. The molecule has 118 valence electrons. The lowest BCUT2D eigenvalue weighted by atomic mass is 10.2. The van der Waals surface area contributed by atoms with E-state index in [1.807, 2.05) is 7.05 Å². The molecule has 0 saturated carbocycles. The summed E-state index contributed by atoms with van der Waals surface area (Å²) in [6.45, 7) is 4.67. The van der Waals surface area contributed by atoms with Gasteiger partial charge in [-0.3, -0.25) is 0 Å². The van der Waals surface area contributed by atoms with Crippen LogP contribution in [-0.2, 0) is 13.6 Å². The lowest BCUT2D eigenvalue weighted by molar-refractivity contribution is 0.428. The van der Waals surface area contributed by atoms with E-state index < -0.39 is 0 Å². The summed E-state index contributed by atoms with van der Waals surface area (Å²) < 4.78 is 2.11. The van der Waals surface area contributed by atoms with Crippen LogP contribution in [0.3, 0.4) is 0 Å². The van der Waals surface area contributed by atoms with E-state index in [1.165, 1.54) is 31.2 Å². The third-order valence-electron chi connectivity index (χ3n) is 4.44. The molecule has 0 radical (unpaired) electrons. The molecule has 5 nitrogen and oxygen atoms in total. The summed E-state index contributed by atoms with van der Waals surface area (Å²) in [5.41, 5.74) is 9.57. The molecule has 0 unspecified atom stereocenters. The molecule has 0 amide bonds. The second-order valence-corrected chi connectivity index (χ2v) is 6.15. The van der Waals surface area contributed by atoms with Crippen LogP contribution in [0.15, 0.2) is 23.2 Å². The Bertz CT molecular complexity index is 678. The number of benzene rings is 1. The van der Waals surface area contributed by atoms with Crippen LogP contribution in [0, 0.1) is 6.92 Å². The number of aromatic nitrogens is 2. The van der Waals surface area contributed by atoms with Crippen LogP contribution in [0.2, 0.25) is 0 Å². The van der Waals surface area contributed by atoms with Gasteiger partial charge in [0, 0.05) is 20.1 Å². The summed E-state index contributed by atoms with van der Waals surface area (Å²) in [6, 6.07) is 6.34. The maximum atomic E-state index is 6.17. The van der Waals surface area contributed by atoms with E-state index in [-0.39, 0.29) is 0 Å². The first kappa shape index (κ1) is 14.9. The second kappa shape index (κ2) is 6.38. The molecule has 1 fully saturated rings. The summed E-state index contributed by atoms with van der Waals surface area (Å²) in [5.74, 6) is 1.61. The smallest absolute Gasteiger partial charge is 0.191 e. The van der Waals surface area contributed by atoms with Crippen molar-refractivity contribution in [2.75, 3.05) is 13.1 Å². The van der Waals surface area contributed by atoms with Crippen molar-refractivity contribution in [3.63, 3.8) is 0 Å². The fourth-order valence-electron chi connectivity index (χ4n) is 3.05. The molecular weight excluding hydrogens is 274 g/mol. The molecule has 1 aromatic carbocycles. The Kier molecular flexibility index (Phi) is 4.32. The van der Waals surface area contributed by atoms with Gasteiger partial charge < -0.3 is 15.2 Å². The van der Waals surface area contributed by atoms with Crippen molar-refractivity contribution in [3.8, 4) is 0 Å². The second-order valence-electron chi connectivity index (χ2n) is 6.15. The van der Waals surface area contributed by atoms with Crippen molar-refractivity contribution in [1.82, 2.24) is 14.5 Å². The van der Waals surface area contributed by atoms with Gasteiger partial charge in [-0.05, 0) is 37.5 Å². The van der Waals surface area contributed by atoms with E-state index >= 15 is 0 Å². The van der Waals surface area contributed by atoms with E-state index in [9.17, 15) is 0 Å². The standard InChI is InChI=1S/C17H25N5/c1-13-7-8-15-14(11-13)20-16(21(15)2)12-19-17(18)22-9-5-3-4-6-10-22/h7-8,11H,3-6,9-10,12H2,1-2H3,(H2,18,19). The van der Waals surface area contributed by atoms with Crippen molar-refractivity contribution in [3.05, 3.63) is 29.6 Å². The first-order chi connectivity index (χ1) is 10.6. The van der Waals surface area contributed by atoms with Gasteiger partial charge in [-0.15, -0.1) is 0 Å². The summed E-state index contributed by atoms with van der Waals surface area (Å²) in [5, 5.41) is 0. The SMILES string of the molecule is Cc1ccc2c(c1)nc(CN=C(N)N1CCCCCC1)n2C. The number of hydrogen-bond acceptors (Lipinski definition) is 2. The summed E-state index contributed by atoms with van der Waals surface area (Å²) >= 11 is 0. The van der Waals surface area contributed by atoms with Crippen LogP contribution in [-0.4, -0.2) is 33.5 Å². The largest absolute Gasteiger partial charge is 0.370 e. The summed E-state index contributed by atoms with van der Waals surface area (Å²) in [7, 11) is 2.04. The van der Waals surface area contributed by atoms with Crippen LogP contribution in [0.4, 0.5) is 0 Å². The van der Waals surface area contributed by atoms with Gasteiger partial charge in [0.1, 0.15) is 12.4 Å². The molecule has 0 bridgehead atoms. The average Bonchev–Trinajstić information content (AvgIpc) is 2.71. The first-order valence-electron chi connectivity index (χ1n) is 8.12. The van der Waals surface area contributed by atoms with Crippen molar-refractivity contribution >= 4 is 17.0 Å². The van der Waals surface area contributed by atoms with Gasteiger partial charge >= 0.3 is 0 Å². The van der Waals surface area contributed by atoms with Crippen molar-refractivity contribution < 1.29 is 0 Å². The Morgan fingerprint density at radius 2 is 1.95 bits per heavy atom. The third-order valence-corrected chi connectivity index (χ3v) is 4.44. The third kappa shape index (κ3) is 3.08. The zero-order valence-corrected chi connectivity index (χ0v) is 13.5. The highest BCUT2D eigenvalue weighted by atomic mass is 15.3. The zero-order valence-electron chi connectivity index (χ0n) is 13.5. The van der Waals surface area contributed by atoms with Gasteiger partial charge in [-0.1, -0.05) is 18.9 Å². The predicted molar refractivity (Wildman–Crippen MR) is 90.8 cm³/mol. The number of fused-ring (bicyclic) bond motifs is 1. The first-order valence-corrected chi connectivity index (χ1v) is 8.12. The monoisotopic (exact) mass is 299 g/mol. The molecule has 1 aromatic heterocycles. The Balaban J connectivity index is 1.77. The van der Waals surface area contributed by atoms with Crippen molar-refractivity contribution in [2.24, 2.45) is 17.8 Å². The number of hydrogen-bond donors (Lipinski definition) is 1. The summed E-state index contributed by atoms with van der Waals surface area (Å²) in [6.07, 6.45) is 5.02. The quantitative estimate of drug-likeness (QED) is 0.685. The fraction of sp³-hybridized carbons (Fsp3) is 0.529. The number of likely N-dealkylation sites (tertiary alicyclic amines) is 1. The molecule has 1 aliphatic heterocycles. The topological polar surface area (TPSA) is 59.4 Å².